The van der Waals surface area contributed by atoms with Gasteiger partial charge in [-0.2, -0.15) is 4.98 Å². The number of hydrogen-bond donors (Lipinski definition) is 1. The molecule has 2 rings (SSSR count). The molecule has 0 bridgehead atoms. The minimum absolute atomic E-state index is 0.211. The third-order valence-corrected chi connectivity index (χ3v) is 3.63. The van der Waals surface area contributed by atoms with Crippen LogP contribution in [0.4, 0.5) is 5.69 Å². The summed E-state index contributed by atoms with van der Waals surface area (Å²) in [5.74, 6) is 2.15. The SMILES string of the molecule is CC(C)(C)SCc1noc(CNc2ccccc2)n1. The van der Waals surface area contributed by atoms with E-state index in [9.17, 15) is 0 Å². The third-order valence-electron chi connectivity index (χ3n) is 2.36. The van der Waals surface area contributed by atoms with Gasteiger partial charge in [0.15, 0.2) is 5.82 Å². The smallest absolute Gasteiger partial charge is 0.245 e. The molecular weight excluding hydrogens is 258 g/mol. The molecule has 0 saturated carbocycles. The van der Waals surface area contributed by atoms with Crippen LogP contribution in [0.3, 0.4) is 0 Å². The second-order valence-electron chi connectivity index (χ2n) is 5.22. The van der Waals surface area contributed by atoms with Crippen LogP contribution in [0.1, 0.15) is 32.5 Å². The topological polar surface area (TPSA) is 51.0 Å². The monoisotopic (exact) mass is 277 g/mol. The highest BCUT2D eigenvalue weighted by Gasteiger charge is 2.13. The number of benzene rings is 1. The van der Waals surface area contributed by atoms with Crippen LogP contribution in [0.2, 0.25) is 0 Å². The summed E-state index contributed by atoms with van der Waals surface area (Å²) in [5, 5.41) is 7.23. The van der Waals surface area contributed by atoms with Crippen LogP contribution in [-0.4, -0.2) is 14.9 Å². The summed E-state index contributed by atoms with van der Waals surface area (Å²) < 4.78 is 5.43. The Balaban J connectivity index is 1.84. The van der Waals surface area contributed by atoms with Gasteiger partial charge in [-0.15, -0.1) is 11.8 Å². The molecule has 1 N–H and O–H groups in total. The van der Waals surface area contributed by atoms with E-state index in [-0.39, 0.29) is 4.75 Å². The number of thioether (sulfide) groups is 1. The third kappa shape index (κ3) is 4.95. The van der Waals surface area contributed by atoms with Crippen LogP contribution in [0.25, 0.3) is 0 Å². The Bertz CT molecular complexity index is 505. The molecular formula is C14H19N3OS. The first-order valence-corrected chi connectivity index (χ1v) is 7.26. The molecule has 1 aromatic heterocycles. The van der Waals surface area contributed by atoms with Gasteiger partial charge in [0.25, 0.3) is 0 Å². The predicted molar refractivity (Wildman–Crippen MR) is 79.1 cm³/mol. The number of nitrogens with one attached hydrogen (secondary N) is 1. The lowest BCUT2D eigenvalue weighted by Crippen LogP contribution is -2.08. The molecule has 4 nitrogen and oxygen atoms in total. The zero-order chi connectivity index (χ0) is 13.7. The van der Waals surface area contributed by atoms with E-state index in [1.807, 2.05) is 42.1 Å². The zero-order valence-corrected chi connectivity index (χ0v) is 12.3. The van der Waals surface area contributed by atoms with E-state index in [0.717, 1.165) is 17.3 Å². The van der Waals surface area contributed by atoms with Crippen LogP contribution in [-0.2, 0) is 12.3 Å². The molecule has 0 amide bonds. The maximum Gasteiger partial charge on any atom is 0.245 e. The quantitative estimate of drug-likeness (QED) is 0.902. The van der Waals surface area contributed by atoms with E-state index in [4.69, 9.17) is 4.52 Å². The molecule has 0 radical (unpaired) electrons. The minimum Gasteiger partial charge on any atom is -0.376 e. The molecule has 0 aliphatic carbocycles. The molecule has 0 spiro atoms. The first kappa shape index (κ1) is 13.9. The number of aromatic nitrogens is 2. The average molecular weight is 277 g/mol. The molecule has 0 aliphatic heterocycles. The minimum atomic E-state index is 0.211. The summed E-state index contributed by atoms with van der Waals surface area (Å²) >= 11 is 1.81. The molecule has 2 aromatic rings. The van der Waals surface area contributed by atoms with Gasteiger partial charge in [-0.05, 0) is 12.1 Å². The average Bonchev–Trinajstić information content (AvgIpc) is 2.82. The molecule has 0 unspecified atom stereocenters. The van der Waals surface area contributed by atoms with Crippen molar-refractivity contribution in [2.45, 2.75) is 37.8 Å². The van der Waals surface area contributed by atoms with Crippen LogP contribution in [0, 0.1) is 0 Å². The number of hydrogen-bond acceptors (Lipinski definition) is 5. The molecule has 0 atom stereocenters. The summed E-state index contributed by atoms with van der Waals surface area (Å²) in [4.78, 5) is 4.37. The van der Waals surface area contributed by atoms with Gasteiger partial charge in [0, 0.05) is 10.4 Å². The Morgan fingerprint density at radius 1 is 1.21 bits per heavy atom. The zero-order valence-electron chi connectivity index (χ0n) is 11.5. The van der Waals surface area contributed by atoms with Gasteiger partial charge in [-0.25, -0.2) is 0 Å². The molecule has 0 saturated heterocycles. The maximum atomic E-state index is 5.21. The van der Waals surface area contributed by atoms with Gasteiger partial charge in [0.05, 0.1) is 12.3 Å². The highest BCUT2D eigenvalue weighted by Crippen LogP contribution is 2.26. The molecule has 0 aliphatic rings. The van der Waals surface area contributed by atoms with Crippen LogP contribution >= 0.6 is 11.8 Å². The number of nitrogens with zero attached hydrogens (tertiary/aromatic N) is 2. The largest absolute Gasteiger partial charge is 0.376 e. The fourth-order valence-electron chi connectivity index (χ4n) is 1.44. The highest BCUT2D eigenvalue weighted by atomic mass is 32.2. The van der Waals surface area contributed by atoms with E-state index >= 15 is 0 Å². The van der Waals surface area contributed by atoms with E-state index in [1.165, 1.54) is 0 Å². The van der Waals surface area contributed by atoms with E-state index in [2.05, 4.69) is 36.2 Å². The Morgan fingerprint density at radius 3 is 2.63 bits per heavy atom. The van der Waals surface area contributed by atoms with Crippen molar-refractivity contribution < 1.29 is 4.52 Å². The summed E-state index contributed by atoms with van der Waals surface area (Å²) in [6, 6.07) is 9.97. The second-order valence-corrected chi connectivity index (χ2v) is 7.03. The lowest BCUT2D eigenvalue weighted by Gasteiger charge is -2.15. The van der Waals surface area contributed by atoms with Crippen molar-refractivity contribution in [3.05, 3.63) is 42.0 Å². The van der Waals surface area contributed by atoms with Crippen LogP contribution < -0.4 is 5.32 Å². The van der Waals surface area contributed by atoms with Gasteiger partial charge in [-0.1, -0.05) is 44.1 Å². The van der Waals surface area contributed by atoms with Gasteiger partial charge in [0.1, 0.15) is 0 Å². The standard InChI is InChI=1S/C14H19N3OS/c1-14(2,3)19-10-12-16-13(18-17-12)9-15-11-7-5-4-6-8-11/h4-8,15H,9-10H2,1-3H3. The molecule has 102 valence electrons. The van der Waals surface area contributed by atoms with Crippen molar-refractivity contribution in [3.8, 4) is 0 Å². The second kappa shape index (κ2) is 6.10. The molecule has 1 heterocycles. The van der Waals surface area contributed by atoms with Crippen molar-refractivity contribution in [2.24, 2.45) is 0 Å². The summed E-state index contributed by atoms with van der Waals surface area (Å²) in [5.41, 5.74) is 1.05. The van der Waals surface area contributed by atoms with Crippen LogP contribution in [0.15, 0.2) is 34.9 Å². The van der Waals surface area contributed by atoms with E-state index in [0.29, 0.717) is 12.4 Å². The Labute approximate surface area is 118 Å². The van der Waals surface area contributed by atoms with E-state index < -0.39 is 0 Å². The molecule has 19 heavy (non-hydrogen) atoms. The summed E-state index contributed by atoms with van der Waals surface area (Å²) in [6.07, 6.45) is 0. The van der Waals surface area contributed by atoms with E-state index in [1.54, 1.807) is 0 Å². The van der Waals surface area contributed by atoms with Crippen molar-refractivity contribution in [1.82, 2.24) is 10.1 Å². The lowest BCUT2D eigenvalue weighted by atomic mass is 10.3. The van der Waals surface area contributed by atoms with Gasteiger partial charge < -0.3 is 9.84 Å². The summed E-state index contributed by atoms with van der Waals surface area (Å²) in [6.45, 7) is 7.08. The van der Waals surface area contributed by atoms with Crippen molar-refractivity contribution >= 4 is 17.4 Å². The van der Waals surface area contributed by atoms with Gasteiger partial charge in [-0.3, -0.25) is 0 Å². The Hall–Kier alpha value is -1.49. The number of para-hydroxylation sites is 1. The van der Waals surface area contributed by atoms with Crippen molar-refractivity contribution in [3.63, 3.8) is 0 Å². The number of anilines is 1. The molecule has 0 fully saturated rings. The maximum absolute atomic E-state index is 5.21. The first-order chi connectivity index (χ1) is 9.03. The lowest BCUT2D eigenvalue weighted by molar-refractivity contribution is 0.379. The van der Waals surface area contributed by atoms with Crippen molar-refractivity contribution in [2.75, 3.05) is 5.32 Å². The van der Waals surface area contributed by atoms with Gasteiger partial charge in [0.2, 0.25) is 5.89 Å². The summed E-state index contributed by atoms with van der Waals surface area (Å²) in [7, 11) is 0. The Morgan fingerprint density at radius 2 is 1.95 bits per heavy atom. The fraction of sp³-hybridized carbons (Fsp3) is 0.429. The Kier molecular flexibility index (Phi) is 4.47. The highest BCUT2D eigenvalue weighted by molar-refractivity contribution is 7.99. The molecule has 1 aromatic carbocycles. The molecule has 5 heteroatoms. The normalized spacial score (nSPS) is 11.5. The number of rotatable bonds is 5. The fourth-order valence-corrected chi connectivity index (χ4v) is 2.11. The van der Waals surface area contributed by atoms with Crippen LogP contribution in [0.5, 0.6) is 0 Å². The first-order valence-electron chi connectivity index (χ1n) is 6.27. The predicted octanol–water partition coefficient (Wildman–Crippen LogP) is 3.71. The van der Waals surface area contributed by atoms with Gasteiger partial charge >= 0.3 is 0 Å². The van der Waals surface area contributed by atoms with Crippen molar-refractivity contribution in [1.29, 1.82) is 0 Å².